The predicted molar refractivity (Wildman–Crippen MR) is 108 cm³/mol. The zero-order valence-electron chi connectivity index (χ0n) is 16.6. The first-order valence-electron chi connectivity index (χ1n) is 8.74. The molecular formula is C21H20N2O6S. The van der Waals surface area contributed by atoms with Gasteiger partial charge < -0.3 is 14.7 Å². The predicted octanol–water partition coefficient (Wildman–Crippen LogP) is 2.55. The summed E-state index contributed by atoms with van der Waals surface area (Å²) >= 11 is 0. The maximum atomic E-state index is 12.7. The Balaban J connectivity index is 2.27. The Bertz CT molecular complexity index is 1170. The third kappa shape index (κ3) is 5.24. The molecule has 9 heteroatoms. The number of ether oxygens (including phenoxy) is 1. The number of aryl methyl sites for hydroxylation is 2. The third-order valence-electron chi connectivity index (χ3n) is 4.04. The lowest BCUT2D eigenvalue weighted by Gasteiger charge is -2.13. The molecule has 0 fully saturated rings. The van der Waals surface area contributed by atoms with Crippen molar-refractivity contribution in [2.24, 2.45) is 5.73 Å². The van der Waals surface area contributed by atoms with Crippen molar-refractivity contribution < 1.29 is 26.9 Å². The lowest BCUT2D eigenvalue weighted by molar-refractivity contribution is -0.118. The van der Waals surface area contributed by atoms with Gasteiger partial charge in [-0.15, -0.1) is 0 Å². The molecule has 8 nitrogen and oxygen atoms in total. The van der Waals surface area contributed by atoms with E-state index in [0.717, 1.165) is 5.56 Å². The van der Waals surface area contributed by atoms with Crippen molar-refractivity contribution in [3.05, 3.63) is 70.4 Å². The van der Waals surface area contributed by atoms with Crippen molar-refractivity contribution in [2.75, 3.05) is 6.61 Å². The summed E-state index contributed by atoms with van der Waals surface area (Å²) in [6, 6.07) is 12.1. The topological polar surface area (TPSA) is 137 Å². The largest absolute Gasteiger partial charge is 0.454 e. The van der Waals surface area contributed by atoms with Crippen LogP contribution in [-0.2, 0) is 19.6 Å². The van der Waals surface area contributed by atoms with Gasteiger partial charge in [0.1, 0.15) is 22.1 Å². The summed E-state index contributed by atoms with van der Waals surface area (Å²) in [6.07, 6.45) is 0. The Labute approximate surface area is 174 Å². The molecule has 30 heavy (non-hydrogen) atoms. The molecule has 2 aromatic rings. The number of ketones is 1. The number of benzene rings is 2. The highest BCUT2D eigenvalue weighted by atomic mass is 32.2. The van der Waals surface area contributed by atoms with E-state index in [1.165, 1.54) is 37.3 Å². The fourth-order valence-electron chi connectivity index (χ4n) is 2.50. The minimum Gasteiger partial charge on any atom is -0.454 e. The first kappa shape index (κ1) is 22.6. The summed E-state index contributed by atoms with van der Waals surface area (Å²) in [5.41, 5.74) is 6.16. The van der Waals surface area contributed by atoms with E-state index in [4.69, 9.17) is 19.9 Å². The van der Waals surface area contributed by atoms with Crippen molar-refractivity contribution in [2.45, 2.75) is 25.7 Å². The molecule has 0 saturated carbocycles. The number of hydrogen-bond acceptors (Lipinski definition) is 8. The minimum atomic E-state index is -4.22. The first-order chi connectivity index (χ1) is 14.1. The van der Waals surface area contributed by atoms with E-state index in [9.17, 15) is 18.0 Å². The van der Waals surface area contributed by atoms with E-state index in [0.29, 0.717) is 5.56 Å². The second kappa shape index (κ2) is 9.24. The van der Waals surface area contributed by atoms with Gasteiger partial charge in [-0.25, -0.2) is 4.79 Å². The number of esters is 1. The molecule has 156 valence electrons. The highest BCUT2D eigenvalue weighted by Gasteiger charge is 2.24. The van der Waals surface area contributed by atoms with Gasteiger partial charge in [0.2, 0.25) is 5.78 Å². The van der Waals surface area contributed by atoms with Gasteiger partial charge in [-0.2, -0.15) is 13.7 Å². The second-order valence-electron chi connectivity index (χ2n) is 6.47. The van der Waals surface area contributed by atoms with Crippen LogP contribution in [0.15, 0.2) is 58.6 Å². The number of carbonyl (C=O) groups is 2. The summed E-state index contributed by atoms with van der Waals surface area (Å²) in [5, 5.41) is 8.94. The van der Waals surface area contributed by atoms with E-state index < -0.39 is 28.5 Å². The Morgan fingerprint density at radius 3 is 2.43 bits per heavy atom. The second-order valence-corrected chi connectivity index (χ2v) is 7.99. The maximum Gasteiger partial charge on any atom is 0.342 e. The van der Waals surface area contributed by atoms with Gasteiger partial charge in [0.15, 0.2) is 12.4 Å². The lowest BCUT2D eigenvalue weighted by atomic mass is 10.1. The van der Waals surface area contributed by atoms with Crippen molar-refractivity contribution in [1.82, 2.24) is 0 Å². The number of nitriles is 1. The van der Waals surface area contributed by atoms with E-state index in [1.807, 2.05) is 0 Å². The van der Waals surface area contributed by atoms with E-state index in [-0.39, 0.29) is 27.5 Å². The lowest BCUT2D eigenvalue weighted by Crippen LogP contribution is -2.19. The van der Waals surface area contributed by atoms with Crippen LogP contribution < -0.4 is 9.92 Å². The molecule has 2 rings (SSSR count). The molecule has 0 atom stereocenters. The van der Waals surface area contributed by atoms with Gasteiger partial charge in [0.05, 0.1) is 0 Å². The molecule has 0 aliphatic carbocycles. The zero-order valence-corrected chi connectivity index (χ0v) is 17.4. The van der Waals surface area contributed by atoms with Crippen LogP contribution in [0.3, 0.4) is 0 Å². The molecule has 0 saturated heterocycles. The summed E-state index contributed by atoms with van der Waals surface area (Å²) in [7, 11) is -4.22. The smallest absolute Gasteiger partial charge is 0.342 e. The van der Waals surface area contributed by atoms with Crippen LogP contribution in [0.1, 0.15) is 28.4 Å². The molecule has 0 bridgehead atoms. The molecule has 0 spiro atoms. The highest BCUT2D eigenvalue weighted by molar-refractivity contribution is 7.87. The summed E-state index contributed by atoms with van der Waals surface area (Å²) in [5.74, 6) is -2.00. The monoisotopic (exact) mass is 428 g/mol. The van der Waals surface area contributed by atoms with E-state index in [2.05, 4.69) is 0 Å². The molecule has 0 amide bonds. The fourth-order valence-corrected chi connectivity index (χ4v) is 3.76. The Kier molecular flexibility index (Phi) is 6.97. The number of rotatable bonds is 7. The van der Waals surface area contributed by atoms with Crippen LogP contribution in [0.4, 0.5) is 0 Å². The van der Waals surface area contributed by atoms with Crippen LogP contribution >= 0.6 is 0 Å². The Hall–Kier alpha value is -3.64. The number of para-hydroxylation sites is 1. The number of hydrogen-bond donors (Lipinski definition) is 1. The zero-order chi connectivity index (χ0) is 22.5. The molecular weight excluding hydrogens is 408 g/mol. The SMILES string of the molecule is C/C(N)=C(\C#N)C(=O)COC(=O)c1ccccc1OS(=O)(=O)c1cc(C)ccc1C. The molecule has 0 radical (unpaired) electrons. The molecule has 2 N–H and O–H groups in total. The number of nitrogens with zero attached hydrogens (tertiary/aromatic N) is 1. The van der Waals surface area contributed by atoms with Gasteiger partial charge in [-0.1, -0.05) is 24.3 Å². The van der Waals surface area contributed by atoms with Gasteiger partial charge in [0, 0.05) is 5.70 Å². The summed E-state index contributed by atoms with van der Waals surface area (Å²) in [6.45, 7) is 4.02. The van der Waals surface area contributed by atoms with Gasteiger partial charge in [-0.05, 0) is 50.1 Å². The average Bonchev–Trinajstić information content (AvgIpc) is 2.68. The van der Waals surface area contributed by atoms with Gasteiger partial charge in [0.25, 0.3) is 0 Å². The quantitative estimate of drug-likeness (QED) is 0.307. The molecule has 2 aromatic carbocycles. The normalized spacial score (nSPS) is 11.8. The first-order valence-corrected chi connectivity index (χ1v) is 10.1. The molecule has 0 unspecified atom stereocenters. The van der Waals surface area contributed by atoms with E-state index in [1.54, 1.807) is 32.0 Å². The molecule has 0 aromatic heterocycles. The Morgan fingerprint density at radius 2 is 1.80 bits per heavy atom. The summed E-state index contributed by atoms with van der Waals surface area (Å²) in [4.78, 5) is 24.3. The van der Waals surface area contributed by atoms with Crippen molar-refractivity contribution in [3.63, 3.8) is 0 Å². The fraction of sp³-hybridized carbons (Fsp3) is 0.190. The highest BCUT2D eigenvalue weighted by Crippen LogP contribution is 2.26. The Morgan fingerprint density at radius 1 is 1.13 bits per heavy atom. The van der Waals surface area contributed by atoms with Crippen molar-refractivity contribution in [1.29, 1.82) is 5.26 Å². The van der Waals surface area contributed by atoms with Crippen LogP contribution in [0.5, 0.6) is 5.75 Å². The number of allylic oxidation sites excluding steroid dienone is 1. The molecule has 0 heterocycles. The van der Waals surface area contributed by atoms with Crippen LogP contribution in [0.25, 0.3) is 0 Å². The maximum absolute atomic E-state index is 12.7. The van der Waals surface area contributed by atoms with Gasteiger partial charge in [-0.3, -0.25) is 4.79 Å². The third-order valence-corrected chi connectivity index (χ3v) is 5.42. The van der Waals surface area contributed by atoms with Crippen LogP contribution in [0.2, 0.25) is 0 Å². The number of Topliss-reactive ketones (excluding diaryl/α,β-unsaturated/α-hetero) is 1. The summed E-state index contributed by atoms with van der Waals surface area (Å²) < 4.78 is 35.6. The molecule has 0 aliphatic heterocycles. The van der Waals surface area contributed by atoms with Crippen molar-refractivity contribution in [3.8, 4) is 11.8 Å². The van der Waals surface area contributed by atoms with Crippen LogP contribution in [-0.4, -0.2) is 26.8 Å². The number of nitrogens with two attached hydrogens (primary N) is 1. The van der Waals surface area contributed by atoms with Crippen molar-refractivity contribution >= 4 is 21.9 Å². The van der Waals surface area contributed by atoms with E-state index >= 15 is 0 Å². The van der Waals surface area contributed by atoms with Gasteiger partial charge >= 0.3 is 16.1 Å². The molecule has 0 aliphatic rings. The minimum absolute atomic E-state index is 0.00176. The number of carbonyl (C=O) groups excluding carboxylic acids is 2. The standard InChI is InChI=1S/C21H20N2O6S/c1-13-8-9-14(2)20(10-13)30(26,27)29-19-7-5-4-6-16(19)21(25)28-12-18(24)17(11-22)15(3)23/h4-10H,12,23H2,1-3H3/b17-15-. The van der Waals surface area contributed by atoms with Crippen LogP contribution in [0, 0.1) is 25.2 Å². The average molecular weight is 428 g/mol.